The van der Waals surface area contributed by atoms with Crippen molar-refractivity contribution >= 4 is 11.9 Å². The summed E-state index contributed by atoms with van der Waals surface area (Å²) in [5, 5.41) is 9.20. The first-order valence-electron chi connectivity index (χ1n) is 7.07. The van der Waals surface area contributed by atoms with E-state index in [4.69, 9.17) is 0 Å². The summed E-state index contributed by atoms with van der Waals surface area (Å²) in [5.41, 5.74) is 2.11. The molecule has 0 saturated carbocycles. The van der Waals surface area contributed by atoms with Gasteiger partial charge in [-0.05, 0) is 37.8 Å². The average molecular weight is 275 g/mol. The molecule has 20 heavy (non-hydrogen) atoms. The van der Waals surface area contributed by atoms with Gasteiger partial charge in [0.2, 0.25) is 5.91 Å². The zero-order valence-electron chi connectivity index (χ0n) is 12.0. The second-order valence-corrected chi connectivity index (χ2v) is 5.52. The van der Waals surface area contributed by atoms with Gasteiger partial charge in [0.25, 0.3) is 0 Å². The van der Waals surface area contributed by atoms with E-state index < -0.39 is 11.9 Å². The average Bonchev–Trinajstić information content (AvgIpc) is 2.41. The van der Waals surface area contributed by atoms with Crippen molar-refractivity contribution in [1.82, 2.24) is 4.90 Å². The van der Waals surface area contributed by atoms with Gasteiger partial charge in [-0.25, -0.2) is 0 Å². The van der Waals surface area contributed by atoms with Crippen molar-refractivity contribution in [2.24, 2.45) is 5.92 Å². The van der Waals surface area contributed by atoms with Crippen LogP contribution in [0.5, 0.6) is 0 Å². The predicted molar refractivity (Wildman–Crippen MR) is 76.4 cm³/mol. The Kier molecular flexibility index (Phi) is 4.42. The summed E-state index contributed by atoms with van der Waals surface area (Å²) in [4.78, 5) is 25.4. The van der Waals surface area contributed by atoms with Gasteiger partial charge < -0.3 is 10.0 Å². The molecule has 1 N–H and O–H groups in total. The van der Waals surface area contributed by atoms with E-state index in [0.717, 1.165) is 17.5 Å². The Morgan fingerprint density at radius 1 is 1.35 bits per heavy atom. The summed E-state index contributed by atoms with van der Waals surface area (Å²) in [5.74, 6) is -1.21. The molecular weight excluding hydrogens is 254 g/mol. The van der Waals surface area contributed by atoms with Crippen LogP contribution in [-0.2, 0) is 16.0 Å². The summed E-state index contributed by atoms with van der Waals surface area (Å²) in [6.45, 7) is 4.49. The highest BCUT2D eigenvalue weighted by Gasteiger charge is 2.35. The molecule has 0 unspecified atom stereocenters. The van der Waals surface area contributed by atoms with Crippen LogP contribution in [-0.4, -0.2) is 34.5 Å². The quantitative estimate of drug-likeness (QED) is 0.920. The third-order valence-corrected chi connectivity index (χ3v) is 4.23. The number of carbonyl (C=O) groups excluding carboxylic acids is 1. The largest absolute Gasteiger partial charge is 0.481 e. The Morgan fingerprint density at radius 3 is 2.70 bits per heavy atom. The second-order valence-electron chi connectivity index (χ2n) is 5.52. The summed E-state index contributed by atoms with van der Waals surface area (Å²) in [6.07, 6.45) is 1.77. The maximum Gasteiger partial charge on any atom is 0.308 e. The first-order valence-corrected chi connectivity index (χ1v) is 7.07. The van der Waals surface area contributed by atoms with Gasteiger partial charge in [0.1, 0.15) is 0 Å². The number of hydrogen-bond donors (Lipinski definition) is 1. The number of carbonyl (C=O) groups is 2. The van der Waals surface area contributed by atoms with Crippen molar-refractivity contribution in [2.75, 3.05) is 6.54 Å². The summed E-state index contributed by atoms with van der Waals surface area (Å²) in [7, 11) is 0. The zero-order chi connectivity index (χ0) is 14.7. The number of aryl methyl sites for hydroxylation is 1. The first kappa shape index (κ1) is 14.6. The minimum Gasteiger partial charge on any atom is -0.481 e. The smallest absolute Gasteiger partial charge is 0.308 e. The minimum absolute atomic E-state index is 0.0257. The van der Waals surface area contributed by atoms with Gasteiger partial charge in [-0.3, -0.25) is 9.59 Å². The summed E-state index contributed by atoms with van der Waals surface area (Å²) in [6, 6.07) is 7.60. The maximum absolute atomic E-state index is 12.4. The molecule has 0 spiro atoms. The van der Waals surface area contributed by atoms with Crippen LogP contribution in [0.2, 0.25) is 0 Å². The molecule has 1 aromatic rings. The van der Waals surface area contributed by atoms with E-state index in [1.807, 2.05) is 38.1 Å². The van der Waals surface area contributed by atoms with Crippen molar-refractivity contribution in [1.29, 1.82) is 0 Å². The SMILES string of the molecule is Cc1ccccc1CC(=O)N1CCC[C@@H](C(=O)O)[C@H]1C. The van der Waals surface area contributed by atoms with Crippen molar-refractivity contribution in [3.8, 4) is 0 Å². The number of nitrogens with zero attached hydrogens (tertiary/aromatic N) is 1. The molecule has 108 valence electrons. The second kappa shape index (κ2) is 6.07. The van der Waals surface area contributed by atoms with E-state index in [-0.39, 0.29) is 11.9 Å². The van der Waals surface area contributed by atoms with Gasteiger partial charge in [0.05, 0.1) is 12.3 Å². The van der Waals surface area contributed by atoms with Crippen LogP contribution in [0.25, 0.3) is 0 Å². The molecule has 1 heterocycles. The van der Waals surface area contributed by atoms with E-state index in [1.54, 1.807) is 4.90 Å². The van der Waals surface area contributed by atoms with E-state index >= 15 is 0 Å². The highest BCUT2D eigenvalue weighted by molar-refractivity contribution is 5.81. The van der Waals surface area contributed by atoms with E-state index in [9.17, 15) is 14.7 Å². The van der Waals surface area contributed by atoms with E-state index in [2.05, 4.69) is 0 Å². The third kappa shape index (κ3) is 3.00. The van der Waals surface area contributed by atoms with E-state index in [1.165, 1.54) is 0 Å². The van der Waals surface area contributed by atoms with Gasteiger partial charge in [0.15, 0.2) is 0 Å². The Balaban J connectivity index is 2.09. The van der Waals surface area contributed by atoms with Crippen LogP contribution >= 0.6 is 0 Å². The Labute approximate surface area is 119 Å². The molecule has 1 amide bonds. The molecule has 0 bridgehead atoms. The number of hydrogen-bond acceptors (Lipinski definition) is 2. The molecule has 2 atom stereocenters. The Morgan fingerprint density at radius 2 is 2.05 bits per heavy atom. The topological polar surface area (TPSA) is 57.6 Å². The molecule has 1 saturated heterocycles. The van der Waals surface area contributed by atoms with Gasteiger partial charge in [-0.15, -0.1) is 0 Å². The van der Waals surface area contributed by atoms with Crippen LogP contribution in [0.1, 0.15) is 30.9 Å². The number of rotatable bonds is 3. The highest BCUT2D eigenvalue weighted by Crippen LogP contribution is 2.24. The number of aliphatic carboxylic acids is 1. The van der Waals surface area contributed by atoms with Crippen molar-refractivity contribution in [3.05, 3.63) is 35.4 Å². The van der Waals surface area contributed by atoms with Crippen molar-refractivity contribution in [2.45, 2.75) is 39.2 Å². The molecule has 2 rings (SSSR count). The van der Waals surface area contributed by atoms with Crippen molar-refractivity contribution in [3.63, 3.8) is 0 Å². The molecular formula is C16H21NO3. The van der Waals surface area contributed by atoms with Gasteiger partial charge in [0, 0.05) is 12.6 Å². The number of likely N-dealkylation sites (tertiary alicyclic amines) is 1. The van der Waals surface area contributed by atoms with Crippen LogP contribution < -0.4 is 0 Å². The Hall–Kier alpha value is -1.84. The van der Waals surface area contributed by atoms with Crippen LogP contribution in [0.4, 0.5) is 0 Å². The molecule has 0 aliphatic carbocycles. The summed E-state index contributed by atoms with van der Waals surface area (Å²) >= 11 is 0. The zero-order valence-corrected chi connectivity index (χ0v) is 12.0. The number of amides is 1. The third-order valence-electron chi connectivity index (χ3n) is 4.23. The Bertz CT molecular complexity index is 512. The van der Waals surface area contributed by atoms with E-state index in [0.29, 0.717) is 19.4 Å². The lowest BCUT2D eigenvalue weighted by atomic mass is 9.89. The van der Waals surface area contributed by atoms with Crippen LogP contribution in [0, 0.1) is 12.8 Å². The monoisotopic (exact) mass is 275 g/mol. The number of piperidine rings is 1. The number of benzene rings is 1. The fraction of sp³-hybridized carbons (Fsp3) is 0.500. The fourth-order valence-corrected chi connectivity index (χ4v) is 2.90. The lowest BCUT2D eigenvalue weighted by Gasteiger charge is -2.37. The molecule has 1 fully saturated rings. The normalized spacial score (nSPS) is 22.6. The lowest BCUT2D eigenvalue weighted by molar-refractivity contribution is -0.148. The lowest BCUT2D eigenvalue weighted by Crippen LogP contribution is -2.49. The fourth-order valence-electron chi connectivity index (χ4n) is 2.90. The first-order chi connectivity index (χ1) is 9.50. The molecule has 4 nitrogen and oxygen atoms in total. The van der Waals surface area contributed by atoms with Crippen LogP contribution in [0.3, 0.4) is 0 Å². The molecule has 0 radical (unpaired) electrons. The molecule has 0 aromatic heterocycles. The van der Waals surface area contributed by atoms with Gasteiger partial charge >= 0.3 is 5.97 Å². The van der Waals surface area contributed by atoms with Crippen LogP contribution in [0.15, 0.2) is 24.3 Å². The standard InChI is InChI=1S/C16H21NO3/c1-11-6-3-4-7-13(11)10-15(18)17-9-5-8-14(12(17)2)16(19)20/h3-4,6-7,12,14H,5,8-10H2,1-2H3,(H,19,20)/t12-,14-/m1/s1. The number of carboxylic acids is 1. The minimum atomic E-state index is -0.800. The molecule has 4 heteroatoms. The van der Waals surface area contributed by atoms with Gasteiger partial charge in [-0.1, -0.05) is 24.3 Å². The number of carboxylic acid groups (broad SMARTS) is 1. The van der Waals surface area contributed by atoms with Crippen molar-refractivity contribution < 1.29 is 14.7 Å². The maximum atomic E-state index is 12.4. The summed E-state index contributed by atoms with van der Waals surface area (Å²) < 4.78 is 0. The molecule has 1 aliphatic heterocycles. The predicted octanol–water partition coefficient (Wildman–Crippen LogP) is 2.25. The molecule has 1 aromatic carbocycles. The molecule has 1 aliphatic rings. The highest BCUT2D eigenvalue weighted by atomic mass is 16.4. The van der Waals surface area contributed by atoms with Gasteiger partial charge in [-0.2, -0.15) is 0 Å².